The summed E-state index contributed by atoms with van der Waals surface area (Å²) in [6.07, 6.45) is 0. The van der Waals surface area contributed by atoms with Crippen LogP contribution in [0.5, 0.6) is 5.75 Å². The van der Waals surface area contributed by atoms with Gasteiger partial charge in [0.25, 0.3) is 5.91 Å². The van der Waals surface area contributed by atoms with E-state index in [1.807, 2.05) is 36.4 Å². The molecule has 0 bridgehead atoms. The molecule has 1 aromatic heterocycles. The Morgan fingerprint density at radius 3 is 2.35 bits per heavy atom. The maximum atomic E-state index is 12.5. The lowest BCUT2D eigenvalue weighted by atomic mass is 10.0. The van der Waals surface area contributed by atoms with E-state index in [1.54, 1.807) is 19.2 Å². The fourth-order valence-corrected chi connectivity index (χ4v) is 3.51. The molecule has 1 amide bonds. The second kappa shape index (κ2) is 7.59. The van der Waals surface area contributed by atoms with Crippen molar-refractivity contribution in [2.24, 2.45) is 0 Å². The van der Waals surface area contributed by atoms with Gasteiger partial charge in [-0.1, -0.05) is 30.3 Å². The van der Waals surface area contributed by atoms with Crippen LogP contribution < -0.4 is 9.16 Å². The van der Waals surface area contributed by atoms with E-state index >= 15 is 0 Å². The number of hydrogen-bond acceptors (Lipinski definition) is 4. The van der Waals surface area contributed by atoms with Crippen LogP contribution in [-0.2, 0) is 0 Å². The number of nitrogens with zero attached hydrogens (tertiary/aromatic N) is 1. The number of thiophene rings is 1. The van der Waals surface area contributed by atoms with Crippen molar-refractivity contribution in [3.05, 3.63) is 70.4 Å². The van der Waals surface area contributed by atoms with Gasteiger partial charge in [-0.25, -0.2) is 9.21 Å². The molecule has 7 heteroatoms. The number of carboxylic acid groups (broad SMARTS) is 1. The van der Waals surface area contributed by atoms with E-state index < -0.39 is 11.9 Å². The van der Waals surface area contributed by atoms with E-state index in [1.165, 1.54) is 10.8 Å². The van der Waals surface area contributed by atoms with E-state index in [9.17, 15) is 9.59 Å². The highest BCUT2D eigenvalue weighted by atomic mass is 35.5. The van der Waals surface area contributed by atoms with Crippen LogP contribution in [0.3, 0.4) is 0 Å². The van der Waals surface area contributed by atoms with Crippen molar-refractivity contribution in [3.63, 3.8) is 0 Å². The van der Waals surface area contributed by atoms with Gasteiger partial charge in [-0.2, -0.15) is 11.3 Å². The third-order valence-electron chi connectivity index (χ3n) is 3.81. The van der Waals surface area contributed by atoms with E-state index in [4.69, 9.17) is 21.6 Å². The zero-order valence-electron chi connectivity index (χ0n) is 13.7. The Labute approximate surface area is 159 Å². The Kier molecular flexibility index (Phi) is 5.25. The summed E-state index contributed by atoms with van der Waals surface area (Å²) in [7, 11) is 1.60. The second-order valence-electron chi connectivity index (χ2n) is 5.34. The third kappa shape index (κ3) is 3.42. The number of methoxy groups -OCH3 is 1. The average molecular weight is 388 g/mol. The molecule has 0 aliphatic rings. The van der Waals surface area contributed by atoms with Gasteiger partial charge in [0.2, 0.25) is 0 Å². The Hall–Kier alpha value is -2.83. The topological polar surface area (TPSA) is 66.8 Å². The SMILES string of the molecule is COc1ccccc1-c1ccc(N(Cl)C(=O)c2cscc2C(=O)O)cc1. The predicted octanol–water partition coefficient (Wildman–Crippen LogP) is 4.92. The summed E-state index contributed by atoms with van der Waals surface area (Å²) >= 11 is 7.29. The Morgan fingerprint density at radius 1 is 1.04 bits per heavy atom. The summed E-state index contributed by atoms with van der Waals surface area (Å²) in [5.74, 6) is -1.01. The number of carbonyl (C=O) groups is 2. The molecule has 0 radical (unpaired) electrons. The fraction of sp³-hybridized carbons (Fsp3) is 0.0526. The molecule has 26 heavy (non-hydrogen) atoms. The maximum absolute atomic E-state index is 12.5. The monoisotopic (exact) mass is 387 g/mol. The van der Waals surface area contributed by atoms with Crippen molar-refractivity contribution in [3.8, 4) is 16.9 Å². The highest BCUT2D eigenvalue weighted by molar-refractivity contribution is 7.08. The van der Waals surface area contributed by atoms with Gasteiger partial charge in [0.1, 0.15) is 5.75 Å². The third-order valence-corrected chi connectivity index (χ3v) is 4.91. The van der Waals surface area contributed by atoms with Crippen LogP contribution in [0.15, 0.2) is 59.3 Å². The van der Waals surface area contributed by atoms with Gasteiger partial charge in [-0.3, -0.25) is 4.79 Å². The van der Waals surface area contributed by atoms with Crippen molar-refractivity contribution in [1.29, 1.82) is 0 Å². The summed E-state index contributed by atoms with van der Waals surface area (Å²) in [6.45, 7) is 0. The van der Waals surface area contributed by atoms with Crippen LogP contribution in [0.25, 0.3) is 11.1 Å². The minimum absolute atomic E-state index is 0.0590. The number of anilines is 1. The van der Waals surface area contributed by atoms with Crippen LogP contribution in [0.1, 0.15) is 20.7 Å². The summed E-state index contributed by atoms with van der Waals surface area (Å²) < 4.78 is 6.27. The highest BCUT2D eigenvalue weighted by Gasteiger charge is 2.23. The Balaban J connectivity index is 1.87. The number of rotatable bonds is 5. The molecule has 2 aromatic carbocycles. The lowest BCUT2D eigenvalue weighted by Crippen LogP contribution is -2.22. The molecule has 0 fully saturated rings. The van der Waals surface area contributed by atoms with Crippen LogP contribution in [0.4, 0.5) is 5.69 Å². The second-order valence-corrected chi connectivity index (χ2v) is 6.42. The van der Waals surface area contributed by atoms with Crippen molar-refractivity contribution in [1.82, 2.24) is 0 Å². The molecular weight excluding hydrogens is 374 g/mol. The molecule has 0 unspecified atom stereocenters. The molecule has 0 atom stereocenters. The predicted molar refractivity (Wildman–Crippen MR) is 102 cm³/mol. The summed E-state index contributed by atoms with van der Waals surface area (Å²) in [4.78, 5) is 23.7. The summed E-state index contributed by atoms with van der Waals surface area (Å²) in [5, 5.41) is 12.0. The smallest absolute Gasteiger partial charge is 0.337 e. The fourth-order valence-electron chi connectivity index (χ4n) is 2.51. The standard InChI is InChI=1S/C19H14ClNO4S/c1-25-17-5-3-2-4-14(17)12-6-8-13(9-7-12)21(20)18(22)15-10-26-11-16(15)19(23)24/h2-11H,1H3,(H,23,24). The first-order valence-electron chi connectivity index (χ1n) is 7.56. The maximum Gasteiger partial charge on any atom is 0.337 e. The molecule has 0 aliphatic heterocycles. The van der Waals surface area contributed by atoms with Gasteiger partial charge in [-0.15, -0.1) is 0 Å². The first-order valence-corrected chi connectivity index (χ1v) is 8.84. The normalized spacial score (nSPS) is 10.4. The number of carbonyl (C=O) groups excluding carboxylic acids is 1. The number of hydrogen-bond donors (Lipinski definition) is 1. The molecule has 5 nitrogen and oxygen atoms in total. The van der Waals surface area contributed by atoms with Crippen LogP contribution in [-0.4, -0.2) is 24.1 Å². The molecule has 1 heterocycles. The molecule has 3 rings (SSSR count). The first-order chi connectivity index (χ1) is 12.5. The minimum atomic E-state index is -1.16. The van der Waals surface area contributed by atoms with Gasteiger partial charge in [0, 0.05) is 28.1 Å². The van der Waals surface area contributed by atoms with Crippen LogP contribution in [0, 0.1) is 0 Å². The number of aromatic carboxylic acids is 1. The van der Waals surface area contributed by atoms with Crippen molar-refractivity contribution >= 4 is 40.7 Å². The zero-order chi connectivity index (χ0) is 18.7. The number of halogens is 1. The molecule has 0 aliphatic carbocycles. The quantitative estimate of drug-likeness (QED) is 0.631. The van der Waals surface area contributed by atoms with E-state index in [-0.39, 0.29) is 11.1 Å². The molecule has 0 saturated heterocycles. The zero-order valence-corrected chi connectivity index (χ0v) is 15.3. The van der Waals surface area contributed by atoms with Gasteiger partial charge in [0.05, 0.1) is 23.9 Å². The largest absolute Gasteiger partial charge is 0.496 e. The van der Waals surface area contributed by atoms with Crippen molar-refractivity contribution < 1.29 is 19.4 Å². The first kappa shape index (κ1) is 18.0. The number of ether oxygens (including phenoxy) is 1. The number of para-hydroxylation sites is 1. The highest BCUT2D eigenvalue weighted by Crippen LogP contribution is 2.31. The molecule has 3 aromatic rings. The molecular formula is C19H14ClNO4S. The Morgan fingerprint density at radius 2 is 1.69 bits per heavy atom. The number of amides is 1. The van der Waals surface area contributed by atoms with E-state index in [0.717, 1.165) is 32.6 Å². The van der Waals surface area contributed by atoms with E-state index in [2.05, 4.69) is 0 Å². The number of carboxylic acids is 1. The van der Waals surface area contributed by atoms with Gasteiger partial charge in [-0.05, 0) is 23.8 Å². The van der Waals surface area contributed by atoms with Crippen molar-refractivity contribution in [2.45, 2.75) is 0 Å². The van der Waals surface area contributed by atoms with E-state index in [0.29, 0.717) is 5.69 Å². The van der Waals surface area contributed by atoms with Gasteiger partial charge >= 0.3 is 5.97 Å². The number of benzene rings is 2. The van der Waals surface area contributed by atoms with Gasteiger partial charge in [0.15, 0.2) is 0 Å². The molecule has 0 saturated carbocycles. The summed E-state index contributed by atoms with van der Waals surface area (Å²) in [6, 6.07) is 14.6. The molecule has 1 N–H and O–H groups in total. The lowest BCUT2D eigenvalue weighted by Gasteiger charge is -2.15. The van der Waals surface area contributed by atoms with Crippen LogP contribution >= 0.6 is 23.1 Å². The van der Waals surface area contributed by atoms with Crippen molar-refractivity contribution in [2.75, 3.05) is 11.5 Å². The lowest BCUT2D eigenvalue weighted by molar-refractivity contribution is 0.0693. The summed E-state index contributed by atoms with van der Waals surface area (Å²) in [5.41, 5.74) is 2.27. The minimum Gasteiger partial charge on any atom is -0.496 e. The van der Waals surface area contributed by atoms with Gasteiger partial charge < -0.3 is 9.84 Å². The van der Waals surface area contributed by atoms with Crippen LogP contribution in [0.2, 0.25) is 0 Å². The Bertz CT molecular complexity index is 952. The molecule has 0 spiro atoms. The average Bonchev–Trinajstić information content (AvgIpc) is 3.17. The molecule has 132 valence electrons.